The van der Waals surface area contributed by atoms with Crippen LogP contribution in [0.15, 0.2) is 12.2 Å². The lowest BCUT2D eigenvalue weighted by molar-refractivity contribution is -0.161. The van der Waals surface area contributed by atoms with Gasteiger partial charge in [-0.2, -0.15) is 0 Å². The van der Waals surface area contributed by atoms with Crippen LogP contribution < -0.4 is 0 Å². The maximum Gasteiger partial charge on any atom is 0.472 e. The van der Waals surface area contributed by atoms with E-state index in [4.69, 9.17) is 18.5 Å². The first-order valence-corrected chi connectivity index (χ1v) is 21.5. The molecule has 2 atom stereocenters. The summed E-state index contributed by atoms with van der Waals surface area (Å²) in [5.74, 6) is -0.800. The Kier molecular flexibility index (Phi) is 34.7. The molecule has 0 aliphatic carbocycles. The van der Waals surface area contributed by atoms with Gasteiger partial charge in [-0.15, -0.1) is 0 Å². The number of carbonyl (C=O) groups excluding carboxylic acids is 2. The lowest BCUT2D eigenvalue weighted by atomic mass is 10.0. The van der Waals surface area contributed by atoms with Crippen molar-refractivity contribution in [2.24, 2.45) is 0 Å². The van der Waals surface area contributed by atoms with E-state index in [9.17, 15) is 19.0 Å². The molecule has 48 heavy (non-hydrogen) atoms. The van der Waals surface area contributed by atoms with Crippen molar-refractivity contribution in [1.29, 1.82) is 0 Å². The highest BCUT2D eigenvalue weighted by molar-refractivity contribution is 7.47. The van der Waals surface area contributed by atoms with Gasteiger partial charge in [0.05, 0.1) is 13.2 Å². The predicted octanol–water partition coefficient (Wildman–Crippen LogP) is 12.1. The van der Waals surface area contributed by atoms with Gasteiger partial charge in [-0.05, 0) is 45.4 Å². The molecule has 0 bridgehead atoms. The van der Waals surface area contributed by atoms with E-state index in [2.05, 4.69) is 26.0 Å². The highest BCUT2D eigenvalue weighted by atomic mass is 31.2. The summed E-state index contributed by atoms with van der Waals surface area (Å²) >= 11 is 0. The van der Waals surface area contributed by atoms with Gasteiger partial charge in [0, 0.05) is 12.8 Å². The molecule has 0 aromatic rings. The number of hydrogen-bond acceptors (Lipinski definition) is 7. The van der Waals surface area contributed by atoms with Gasteiger partial charge >= 0.3 is 19.8 Å². The summed E-state index contributed by atoms with van der Waals surface area (Å²) in [7, 11) is -4.27. The van der Waals surface area contributed by atoms with Crippen LogP contribution in [0.1, 0.15) is 201 Å². The van der Waals surface area contributed by atoms with Gasteiger partial charge in [-0.25, -0.2) is 4.57 Å². The topological polar surface area (TPSA) is 108 Å². The number of ether oxygens (including phenoxy) is 2. The summed E-state index contributed by atoms with van der Waals surface area (Å²) in [6.07, 6.45) is 35.4. The standard InChI is InChI=1S/C39H75O8P/c1-4-7-9-11-13-15-17-19-20-22-23-25-27-29-31-33-38(40)44-35-37(36-46-48(42,43)45-6-3)47-39(41)34-32-30-28-26-24-21-18-16-14-12-10-8-5-2/h16,18,37H,4-15,17,19-36H2,1-3H3,(H,42,43)/b18-16-. The quantitative estimate of drug-likeness (QED) is 0.0295. The van der Waals surface area contributed by atoms with Crippen molar-refractivity contribution in [3.8, 4) is 0 Å². The van der Waals surface area contributed by atoms with E-state index >= 15 is 0 Å². The summed E-state index contributed by atoms with van der Waals surface area (Å²) in [5, 5.41) is 0. The molecule has 0 saturated carbocycles. The van der Waals surface area contributed by atoms with Crippen LogP contribution in [-0.4, -0.2) is 42.8 Å². The maximum absolute atomic E-state index is 12.5. The maximum atomic E-state index is 12.5. The number of esters is 2. The van der Waals surface area contributed by atoms with Crippen LogP contribution in [-0.2, 0) is 32.7 Å². The third-order valence-corrected chi connectivity index (χ3v) is 9.63. The molecule has 0 fully saturated rings. The van der Waals surface area contributed by atoms with Crippen LogP contribution in [0, 0.1) is 0 Å². The first kappa shape index (κ1) is 46.8. The summed E-state index contributed by atoms with van der Waals surface area (Å²) < 4.78 is 32.5. The zero-order valence-electron chi connectivity index (χ0n) is 31.4. The second-order valence-corrected chi connectivity index (χ2v) is 14.8. The summed E-state index contributed by atoms with van der Waals surface area (Å²) in [5.41, 5.74) is 0. The van der Waals surface area contributed by atoms with Gasteiger partial charge in [0.1, 0.15) is 6.61 Å². The Labute approximate surface area is 295 Å². The molecule has 0 amide bonds. The van der Waals surface area contributed by atoms with E-state index in [1.54, 1.807) is 6.92 Å². The molecule has 0 aromatic carbocycles. The Hall–Kier alpha value is -1.21. The van der Waals surface area contributed by atoms with Gasteiger partial charge < -0.3 is 14.4 Å². The van der Waals surface area contributed by atoms with Crippen LogP contribution >= 0.6 is 7.82 Å². The molecule has 8 nitrogen and oxygen atoms in total. The molecular weight excluding hydrogens is 627 g/mol. The van der Waals surface area contributed by atoms with Crippen molar-refractivity contribution in [2.75, 3.05) is 19.8 Å². The van der Waals surface area contributed by atoms with E-state index in [-0.39, 0.29) is 25.6 Å². The first-order chi connectivity index (χ1) is 23.3. The number of phosphoric acid groups is 1. The molecule has 0 radical (unpaired) electrons. The number of unbranched alkanes of at least 4 members (excludes halogenated alkanes) is 23. The molecule has 0 rings (SSSR count). The van der Waals surface area contributed by atoms with Gasteiger partial charge in [0.25, 0.3) is 0 Å². The molecule has 0 aliphatic heterocycles. The minimum atomic E-state index is -4.27. The number of carbonyl (C=O) groups is 2. The Morgan fingerprint density at radius 3 is 1.40 bits per heavy atom. The summed E-state index contributed by atoms with van der Waals surface area (Å²) in [6, 6.07) is 0. The van der Waals surface area contributed by atoms with Crippen LogP contribution in [0.5, 0.6) is 0 Å². The average Bonchev–Trinajstić information content (AvgIpc) is 3.06. The number of phosphoric ester groups is 1. The Bertz CT molecular complexity index is 803. The molecular formula is C39H75O8P. The summed E-state index contributed by atoms with van der Waals surface area (Å²) in [6.45, 7) is 5.46. The van der Waals surface area contributed by atoms with E-state index in [0.717, 1.165) is 51.4 Å². The largest absolute Gasteiger partial charge is 0.472 e. The minimum Gasteiger partial charge on any atom is -0.462 e. The monoisotopic (exact) mass is 703 g/mol. The minimum absolute atomic E-state index is 0.00179. The predicted molar refractivity (Wildman–Crippen MR) is 198 cm³/mol. The smallest absolute Gasteiger partial charge is 0.462 e. The normalized spacial score (nSPS) is 13.5. The highest BCUT2D eigenvalue weighted by Gasteiger charge is 2.25. The number of rotatable bonds is 37. The average molecular weight is 703 g/mol. The second-order valence-electron chi connectivity index (χ2n) is 13.3. The van der Waals surface area contributed by atoms with Crippen LogP contribution in [0.3, 0.4) is 0 Å². The van der Waals surface area contributed by atoms with Crippen LogP contribution in [0.4, 0.5) is 0 Å². The third-order valence-electron chi connectivity index (χ3n) is 8.57. The Morgan fingerprint density at radius 2 is 0.938 bits per heavy atom. The fourth-order valence-corrected chi connectivity index (χ4v) is 6.38. The van der Waals surface area contributed by atoms with Gasteiger partial charge in [-0.1, -0.05) is 154 Å². The van der Waals surface area contributed by atoms with Crippen molar-refractivity contribution >= 4 is 19.8 Å². The number of allylic oxidation sites excluding steroid dienone is 2. The van der Waals surface area contributed by atoms with Crippen molar-refractivity contribution in [3.63, 3.8) is 0 Å². The van der Waals surface area contributed by atoms with E-state index in [1.807, 2.05) is 0 Å². The molecule has 284 valence electrons. The third kappa shape index (κ3) is 34.6. The van der Waals surface area contributed by atoms with Gasteiger partial charge in [0.15, 0.2) is 6.10 Å². The first-order valence-electron chi connectivity index (χ1n) is 20.0. The van der Waals surface area contributed by atoms with E-state index in [1.165, 1.54) is 109 Å². The Balaban J connectivity index is 4.10. The van der Waals surface area contributed by atoms with E-state index in [0.29, 0.717) is 12.8 Å². The molecule has 0 saturated heterocycles. The van der Waals surface area contributed by atoms with Crippen LogP contribution in [0.2, 0.25) is 0 Å². The molecule has 0 aromatic heterocycles. The van der Waals surface area contributed by atoms with Crippen molar-refractivity contribution in [2.45, 2.75) is 207 Å². The summed E-state index contributed by atoms with van der Waals surface area (Å²) in [4.78, 5) is 34.6. The van der Waals surface area contributed by atoms with Crippen molar-refractivity contribution < 1.29 is 37.6 Å². The Morgan fingerprint density at radius 1 is 0.542 bits per heavy atom. The molecule has 0 spiro atoms. The van der Waals surface area contributed by atoms with Crippen molar-refractivity contribution in [1.82, 2.24) is 0 Å². The molecule has 0 heterocycles. The van der Waals surface area contributed by atoms with Gasteiger partial charge in [-0.3, -0.25) is 18.6 Å². The highest BCUT2D eigenvalue weighted by Crippen LogP contribution is 2.43. The molecule has 9 heteroatoms. The van der Waals surface area contributed by atoms with E-state index < -0.39 is 26.5 Å². The SMILES string of the molecule is CCCCCC/C=C\CCCCCCCC(=O)OC(COC(=O)CCCCCCCCCCCCCCCCC)COP(=O)(O)OCC. The van der Waals surface area contributed by atoms with Gasteiger partial charge in [0.2, 0.25) is 0 Å². The van der Waals surface area contributed by atoms with Crippen molar-refractivity contribution in [3.05, 3.63) is 12.2 Å². The number of hydrogen-bond donors (Lipinski definition) is 1. The lowest BCUT2D eigenvalue weighted by Gasteiger charge is -2.19. The zero-order chi connectivity index (χ0) is 35.4. The molecule has 0 aliphatic rings. The van der Waals surface area contributed by atoms with Crippen LogP contribution in [0.25, 0.3) is 0 Å². The molecule has 1 N–H and O–H groups in total. The fraction of sp³-hybridized carbons (Fsp3) is 0.897. The zero-order valence-corrected chi connectivity index (χ0v) is 32.3. The fourth-order valence-electron chi connectivity index (χ4n) is 5.62. The second kappa shape index (κ2) is 35.6. The molecule has 2 unspecified atom stereocenters. The lowest BCUT2D eigenvalue weighted by Crippen LogP contribution is -2.29.